The molecule has 2 aromatic heterocycles. The van der Waals surface area contributed by atoms with Gasteiger partial charge in [0.05, 0.1) is 24.6 Å². The van der Waals surface area contributed by atoms with Crippen LogP contribution in [0.5, 0.6) is 5.75 Å². The van der Waals surface area contributed by atoms with Crippen molar-refractivity contribution in [2.75, 3.05) is 6.61 Å². The van der Waals surface area contributed by atoms with Gasteiger partial charge in [-0.25, -0.2) is 4.68 Å². The van der Waals surface area contributed by atoms with Crippen molar-refractivity contribution < 1.29 is 9.53 Å². The van der Waals surface area contributed by atoms with Crippen LogP contribution >= 0.6 is 0 Å². The van der Waals surface area contributed by atoms with Gasteiger partial charge in [0.15, 0.2) is 6.61 Å². The van der Waals surface area contributed by atoms with Gasteiger partial charge < -0.3 is 10.1 Å². The second kappa shape index (κ2) is 7.17. The highest BCUT2D eigenvalue weighted by atomic mass is 16.5. The van der Waals surface area contributed by atoms with E-state index >= 15 is 0 Å². The molecular weight excluding hydrogens is 294 g/mol. The van der Waals surface area contributed by atoms with Crippen molar-refractivity contribution in [3.05, 3.63) is 66.7 Å². The number of para-hydroxylation sites is 1. The molecule has 3 aromatic rings. The molecule has 1 amide bonds. The molecule has 0 aliphatic carbocycles. The molecule has 0 atom stereocenters. The van der Waals surface area contributed by atoms with E-state index in [1.54, 1.807) is 35.4 Å². The highest BCUT2D eigenvalue weighted by molar-refractivity contribution is 5.77. The first-order valence-electron chi connectivity index (χ1n) is 7.07. The van der Waals surface area contributed by atoms with Crippen molar-refractivity contribution in [2.24, 2.45) is 0 Å². The van der Waals surface area contributed by atoms with Gasteiger partial charge >= 0.3 is 0 Å². The van der Waals surface area contributed by atoms with Crippen LogP contribution in [0.3, 0.4) is 0 Å². The fourth-order valence-electron chi connectivity index (χ4n) is 1.90. The predicted molar refractivity (Wildman–Crippen MR) is 82.9 cm³/mol. The molecule has 0 fully saturated rings. The zero-order valence-corrected chi connectivity index (χ0v) is 12.3. The molecule has 0 aliphatic rings. The van der Waals surface area contributed by atoms with Crippen LogP contribution in [0.2, 0.25) is 0 Å². The summed E-state index contributed by atoms with van der Waals surface area (Å²) in [6.45, 7) is 0.248. The van der Waals surface area contributed by atoms with Gasteiger partial charge in [-0.15, -0.1) is 5.10 Å². The van der Waals surface area contributed by atoms with E-state index in [4.69, 9.17) is 4.74 Å². The number of nitrogens with one attached hydrogen (secondary N) is 1. The highest BCUT2D eigenvalue weighted by Crippen LogP contribution is 2.07. The number of hydrogen-bond donors (Lipinski definition) is 1. The van der Waals surface area contributed by atoms with E-state index in [9.17, 15) is 4.79 Å². The summed E-state index contributed by atoms with van der Waals surface area (Å²) in [5.74, 6) is 0.440. The topological polar surface area (TPSA) is 81.9 Å². The Balaban J connectivity index is 1.49. The van der Waals surface area contributed by atoms with Gasteiger partial charge in [0.2, 0.25) is 0 Å². The number of pyridine rings is 1. The zero-order valence-electron chi connectivity index (χ0n) is 12.3. The van der Waals surface area contributed by atoms with E-state index in [1.165, 1.54) is 0 Å². The average molecular weight is 309 g/mol. The summed E-state index contributed by atoms with van der Waals surface area (Å²) >= 11 is 0. The van der Waals surface area contributed by atoms with Crippen molar-refractivity contribution in [1.29, 1.82) is 0 Å². The molecule has 0 saturated heterocycles. The fourth-order valence-corrected chi connectivity index (χ4v) is 1.90. The standard InChI is InChI=1S/C16H15N5O2/c22-16(12-23-15-6-2-1-3-7-15)18-9-13-11-21(20-19-13)14-5-4-8-17-10-14/h1-8,10-11H,9,12H2,(H,18,22). The maximum Gasteiger partial charge on any atom is 0.258 e. The second-order valence-electron chi connectivity index (χ2n) is 4.74. The van der Waals surface area contributed by atoms with E-state index in [0.29, 0.717) is 11.4 Å². The number of hydrogen-bond acceptors (Lipinski definition) is 5. The smallest absolute Gasteiger partial charge is 0.258 e. The van der Waals surface area contributed by atoms with Crippen LogP contribution in [0, 0.1) is 0 Å². The van der Waals surface area contributed by atoms with E-state index in [2.05, 4.69) is 20.6 Å². The molecule has 7 nitrogen and oxygen atoms in total. The molecule has 116 valence electrons. The van der Waals surface area contributed by atoms with Crippen LogP contribution < -0.4 is 10.1 Å². The third kappa shape index (κ3) is 4.13. The van der Waals surface area contributed by atoms with Crippen molar-refractivity contribution in [3.63, 3.8) is 0 Å². The third-order valence-corrected chi connectivity index (χ3v) is 3.03. The molecule has 0 spiro atoms. The van der Waals surface area contributed by atoms with Gasteiger partial charge in [-0.2, -0.15) is 0 Å². The molecular formula is C16H15N5O2. The van der Waals surface area contributed by atoms with Crippen molar-refractivity contribution in [3.8, 4) is 11.4 Å². The van der Waals surface area contributed by atoms with Crippen LogP contribution in [0.1, 0.15) is 5.69 Å². The largest absolute Gasteiger partial charge is 0.484 e. The van der Waals surface area contributed by atoms with Crippen molar-refractivity contribution in [2.45, 2.75) is 6.54 Å². The number of aromatic nitrogens is 4. The van der Waals surface area contributed by atoms with Crippen LogP contribution in [0.25, 0.3) is 5.69 Å². The number of carbonyl (C=O) groups excluding carboxylic acids is 1. The molecule has 0 bridgehead atoms. The lowest BCUT2D eigenvalue weighted by Gasteiger charge is -2.05. The molecule has 0 radical (unpaired) electrons. The van der Waals surface area contributed by atoms with E-state index < -0.39 is 0 Å². The Morgan fingerprint density at radius 1 is 1.17 bits per heavy atom. The van der Waals surface area contributed by atoms with Crippen molar-refractivity contribution >= 4 is 5.91 Å². The second-order valence-corrected chi connectivity index (χ2v) is 4.74. The van der Waals surface area contributed by atoms with Crippen LogP contribution in [0.4, 0.5) is 0 Å². The first-order chi connectivity index (χ1) is 11.3. The quantitative estimate of drug-likeness (QED) is 0.743. The van der Waals surface area contributed by atoms with Gasteiger partial charge in [-0.05, 0) is 24.3 Å². The Morgan fingerprint density at radius 3 is 2.83 bits per heavy atom. The Labute approximate surface area is 132 Å². The third-order valence-electron chi connectivity index (χ3n) is 3.03. The monoisotopic (exact) mass is 309 g/mol. The molecule has 7 heteroatoms. The molecule has 1 N–H and O–H groups in total. The lowest BCUT2D eigenvalue weighted by molar-refractivity contribution is -0.123. The molecule has 0 aliphatic heterocycles. The molecule has 1 aromatic carbocycles. The maximum absolute atomic E-state index is 11.8. The van der Waals surface area contributed by atoms with Gasteiger partial charge in [0, 0.05) is 6.20 Å². The minimum atomic E-state index is -0.218. The first kappa shape index (κ1) is 14.7. The summed E-state index contributed by atoms with van der Waals surface area (Å²) in [6.07, 6.45) is 5.12. The van der Waals surface area contributed by atoms with Gasteiger partial charge in [0.1, 0.15) is 11.4 Å². The molecule has 23 heavy (non-hydrogen) atoms. The number of ether oxygens (including phenoxy) is 1. The summed E-state index contributed by atoms with van der Waals surface area (Å²) in [7, 11) is 0. The number of amides is 1. The maximum atomic E-state index is 11.8. The van der Waals surface area contributed by atoms with Gasteiger partial charge in [-0.3, -0.25) is 9.78 Å². The predicted octanol–water partition coefficient (Wildman–Crippen LogP) is 1.36. The number of nitrogens with zero attached hydrogens (tertiary/aromatic N) is 4. The Morgan fingerprint density at radius 2 is 2.04 bits per heavy atom. The molecule has 3 rings (SSSR count). The summed E-state index contributed by atoms with van der Waals surface area (Å²) in [5.41, 5.74) is 1.46. The highest BCUT2D eigenvalue weighted by Gasteiger charge is 2.06. The Hall–Kier alpha value is -3.22. The zero-order chi connectivity index (χ0) is 15.9. The van der Waals surface area contributed by atoms with Gasteiger partial charge in [-0.1, -0.05) is 23.4 Å². The van der Waals surface area contributed by atoms with E-state index in [0.717, 1.165) is 5.69 Å². The minimum Gasteiger partial charge on any atom is -0.484 e. The Kier molecular flexibility index (Phi) is 4.58. The summed E-state index contributed by atoms with van der Waals surface area (Å²) in [6, 6.07) is 12.9. The average Bonchev–Trinajstić information content (AvgIpc) is 3.09. The van der Waals surface area contributed by atoms with Crippen molar-refractivity contribution in [1.82, 2.24) is 25.3 Å². The van der Waals surface area contributed by atoms with Crippen LogP contribution in [0.15, 0.2) is 61.1 Å². The summed E-state index contributed by atoms with van der Waals surface area (Å²) in [4.78, 5) is 15.8. The number of rotatable bonds is 6. The summed E-state index contributed by atoms with van der Waals surface area (Å²) in [5, 5.41) is 10.8. The first-order valence-corrected chi connectivity index (χ1v) is 7.07. The van der Waals surface area contributed by atoms with E-state index in [1.807, 2.05) is 30.3 Å². The normalized spacial score (nSPS) is 10.3. The number of carbonyl (C=O) groups is 1. The minimum absolute atomic E-state index is 0.0409. The summed E-state index contributed by atoms with van der Waals surface area (Å²) < 4.78 is 6.98. The lowest BCUT2D eigenvalue weighted by atomic mass is 10.3. The van der Waals surface area contributed by atoms with Crippen LogP contribution in [-0.2, 0) is 11.3 Å². The SMILES string of the molecule is O=C(COc1ccccc1)NCc1cn(-c2cccnc2)nn1. The lowest BCUT2D eigenvalue weighted by Crippen LogP contribution is -2.28. The Bertz CT molecular complexity index is 758. The molecule has 0 saturated carbocycles. The number of benzene rings is 1. The van der Waals surface area contributed by atoms with Crippen LogP contribution in [-0.4, -0.2) is 32.5 Å². The van der Waals surface area contributed by atoms with E-state index in [-0.39, 0.29) is 19.1 Å². The molecule has 2 heterocycles. The fraction of sp³-hybridized carbons (Fsp3) is 0.125. The molecule has 0 unspecified atom stereocenters. The van der Waals surface area contributed by atoms with Gasteiger partial charge in [0.25, 0.3) is 5.91 Å².